The van der Waals surface area contributed by atoms with Crippen LogP contribution in [0.1, 0.15) is 48.4 Å². The van der Waals surface area contributed by atoms with E-state index in [4.69, 9.17) is 18.9 Å². The lowest BCUT2D eigenvalue weighted by atomic mass is 10.1. The van der Waals surface area contributed by atoms with E-state index in [1.165, 1.54) is 90.9 Å². The van der Waals surface area contributed by atoms with Crippen molar-refractivity contribution in [2.24, 2.45) is 0 Å². The zero-order chi connectivity index (χ0) is 37.0. The molecule has 6 amide bonds. The number of carbonyl (C=O) groups excluding carboxylic acids is 7. The Morgan fingerprint density at radius 3 is 1.56 bits per heavy atom. The number of hydrogen-bond acceptors (Lipinski definition) is 11. The van der Waals surface area contributed by atoms with E-state index in [-0.39, 0.29) is 56.6 Å². The average Bonchev–Trinajstić information content (AvgIpc) is 3.10. The zero-order valence-corrected chi connectivity index (χ0v) is 28.0. The standard InChI is InChI=1S/C33H36N6O11/c1-17(40)37-20-9-18(33(46)50-6)10-21(11-20)39-29(42)16-35-31(44)22-12-19(7-8-25(22)47-3)38-28(41)15-36-32(45)24-13-23(30(43)34-2)26(48-4)14-27(24)49-5/h7-14H,15-16H2,1-6H3,(H,34,43)(H,35,44)(H,36,45)(H,37,40)(H,38,41)(H,39,42). The molecule has 0 aliphatic carbocycles. The van der Waals surface area contributed by atoms with Gasteiger partial charge in [0.1, 0.15) is 17.2 Å². The summed E-state index contributed by atoms with van der Waals surface area (Å²) in [6.45, 7) is 0.287. The van der Waals surface area contributed by atoms with Gasteiger partial charge in [0.05, 0.1) is 63.8 Å². The van der Waals surface area contributed by atoms with Crippen LogP contribution in [0.25, 0.3) is 0 Å². The molecule has 3 aromatic rings. The molecule has 0 saturated carbocycles. The molecule has 17 nitrogen and oxygen atoms in total. The summed E-state index contributed by atoms with van der Waals surface area (Å²) in [6.07, 6.45) is 0. The predicted molar refractivity (Wildman–Crippen MR) is 180 cm³/mol. The van der Waals surface area contributed by atoms with Gasteiger partial charge in [-0.3, -0.25) is 28.8 Å². The fourth-order valence-electron chi connectivity index (χ4n) is 4.48. The highest BCUT2D eigenvalue weighted by Crippen LogP contribution is 2.29. The molecule has 3 aromatic carbocycles. The third kappa shape index (κ3) is 9.93. The van der Waals surface area contributed by atoms with E-state index >= 15 is 0 Å². The van der Waals surface area contributed by atoms with Gasteiger partial charge < -0.3 is 50.8 Å². The van der Waals surface area contributed by atoms with Crippen molar-refractivity contribution in [3.63, 3.8) is 0 Å². The molecule has 0 bridgehead atoms. The van der Waals surface area contributed by atoms with E-state index in [0.29, 0.717) is 0 Å². The van der Waals surface area contributed by atoms with Gasteiger partial charge in [-0.25, -0.2) is 4.79 Å². The number of benzene rings is 3. The highest BCUT2D eigenvalue weighted by molar-refractivity contribution is 6.06. The van der Waals surface area contributed by atoms with Crippen molar-refractivity contribution >= 4 is 58.5 Å². The Kier molecular flexibility index (Phi) is 13.2. The second-order valence-corrected chi connectivity index (χ2v) is 10.2. The normalized spacial score (nSPS) is 10.1. The minimum Gasteiger partial charge on any atom is -0.496 e. The smallest absolute Gasteiger partial charge is 0.337 e. The quantitative estimate of drug-likeness (QED) is 0.133. The van der Waals surface area contributed by atoms with Crippen LogP contribution in [0, 0.1) is 0 Å². The van der Waals surface area contributed by atoms with Crippen molar-refractivity contribution < 1.29 is 52.5 Å². The number of methoxy groups -OCH3 is 4. The van der Waals surface area contributed by atoms with Crippen molar-refractivity contribution in [2.75, 3.05) is 64.5 Å². The second-order valence-electron chi connectivity index (χ2n) is 10.2. The van der Waals surface area contributed by atoms with Gasteiger partial charge in [0.15, 0.2) is 0 Å². The van der Waals surface area contributed by atoms with E-state index in [1.807, 2.05) is 0 Å². The molecule has 0 radical (unpaired) electrons. The SMILES string of the molecule is CNC(=O)c1cc(C(=O)NCC(=O)Nc2ccc(OC)c(C(=O)NCC(=O)Nc3cc(NC(C)=O)cc(C(=O)OC)c3)c2)c(OC)cc1OC. The maximum Gasteiger partial charge on any atom is 0.337 e. The lowest BCUT2D eigenvalue weighted by molar-refractivity contribution is -0.116. The Balaban J connectivity index is 1.66. The predicted octanol–water partition coefficient (Wildman–Crippen LogP) is 1.55. The van der Waals surface area contributed by atoms with Gasteiger partial charge in [0, 0.05) is 37.1 Å². The molecule has 264 valence electrons. The minimum absolute atomic E-state index is 0.0171. The molecule has 3 rings (SSSR count). The van der Waals surface area contributed by atoms with Crippen molar-refractivity contribution in [1.29, 1.82) is 0 Å². The second kappa shape index (κ2) is 17.5. The minimum atomic E-state index is -0.720. The fourth-order valence-corrected chi connectivity index (χ4v) is 4.48. The highest BCUT2D eigenvalue weighted by Gasteiger charge is 2.22. The summed E-state index contributed by atoms with van der Waals surface area (Å²) < 4.78 is 20.4. The molecule has 0 aliphatic heterocycles. The third-order valence-corrected chi connectivity index (χ3v) is 6.74. The molecule has 0 aliphatic rings. The third-order valence-electron chi connectivity index (χ3n) is 6.74. The molecular weight excluding hydrogens is 656 g/mol. The van der Waals surface area contributed by atoms with Crippen LogP contribution < -0.4 is 46.1 Å². The van der Waals surface area contributed by atoms with E-state index in [0.717, 1.165) is 0 Å². The first-order valence-corrected chi connectivity index (χ1v) is 14.7. The molecular formula is C33H36N6O11. The number of ether oxygens (including phenoxy) is 4. The summed E-state index contributed by atoms with van der Waals surface area (Å²) in [7, 11) is 6.62. The Bertz CT molecular complexity index is 1830. The van der Waals surface area contributed by atoms with Gasteiger partial charge >= 0.3 is 5.97 Å². The first-order chi connectivity index (χ1) is 23.8. The summed E-state index contributed by atoms with van der Waals surface area (Å²) in [4.78, 5) is 87.3. The lowest BCUT2D eigenvalue weighted by Crippen LogP contribution is -2.34. The van der Waals surface area contributed by atoms with Crippen LogP contribution in [0.4, 0.5) is 17.1 Å². The van der Waals surface area contributed by atoms with Gasteiger partial charge in [0.2, 0.25) is 17.7 Å². The number of rotatable bonds is 14. The number of esters is 1. The monoisotopic (exact) mass is 692 g/mol. The lowest BCUT2D eigenvalue weighted by Gasteiger charge is -2.15. The Morgan fingerprint density at radius 2 is 1.06 bits per heavy atom. The maximum absolute atomic E-state index is 13.1. The number of carbonyl (C=O) groups is 7. The number of amides is 6. The Morgan fingerprint density at radius 1 is 0.560 bits per heavy atom. The van der Waals surface area contributed by atoms with E-state index < -0.39 is 54.5 Å². The topological polar surface area (TPSA) is 229 Å². The van der Waals surface area contributed by atoms with Crippen LogP contribution in [0.2, 0.25) is 0 Å². The zero-order valence-electron chi connectivity index (χ0n) is 28.0. The summed E-state index contributed by atoms with van der Waals surface area (Å²) in [5, 5.41) is 15.0. The van der Waals surface area contributed by atoms with Gasteiger partial charge in [0.25, 0.3) is 17.7 Å². The Labute approximate surface area is 286 Å². The fraction of sp³-hybridized carbons (Fsp3) is 0.242. The number of nitrogens with one attached hydrogen (secondary N) is 6. The summed E-state index contributed by atoms with van der Waals surface area (Å²) >= 11 is 0. The Hall–Kier alpha value is -6.65. The van der Waals surface area contributed by atoms with E-state index in [9.17, 15) is 33.6 Å². The van der Waals surface area contributed by atoms with Crippen molar-refractivity contribution in [3.8, 4) is 17.2 Å². The largest absolute Gasteiger partial charge is 0.496 e. The van der Waals surface area contributed by atoms with Gasteiger partial charge in [-0.1, -0.05) is 0 Å². The molecule has 0 unspecified atom stereocenters. The number of hydrogen-bond donors (Lipinski definition) is 6. The molecule has 0 aromatic heterocycles. The van der Waals surface area contributed by atoms with Crippen LogP contribution >= 0.6 is 0 Å². The molecule has 0 fully saturated rings. The molecule has 0 atom stereocenters. The molecule has 50 heavy (non-hydrogen) atoms. The van der Waals surface area contributed by atoms with E-state index in [1.54, 1.807) is 0 Å². The molecule has 0 saturated heterocycles. The summed E-state index contributed by atoms with van der Waals surface area (Å²) in [5.41, 5.74) is 0.673. The van der Waals surface area contributed by atoms with E-state index in [2.05, 4.69) is 31.9 Å². The highest BCUT2D eigenvalue weighted by atomic mass is 16.5. The van der Waals surface area contributed by atoms with Crippen LogP contribution in [0.15, 0.2) is 48.5 Å². The molecule has 17 heteroatoms. The van der Waals surface area contributed by atoms with Crippen LogP contribution in [-0.4, -0.2) is 90.0 Å². The summed E-state index contributed by atoms with van der Waals surface area (Å²) in [6, 6.07) is 11.0. The van der Waals surface area contributed by atoms with Crippen molar-refractivity contribution in [1.82, 2.24) is 16.0 Å². The summed E-state index contributed by atoms with van der Waals surface area (Å²) in [5.74, 6) is -3.92. The first kappa shape index (κ1) is 37.8. The molecule has 0 heterocycles. The average molecular weight is 693 g/mol. The van der Waals surface area contributed by atoms with Gasteiger partial charge in [-0.2, -0.15) is 0 Å². The van der Waals surface area contributed by atoms with Crippen LogP contribution in [0.5, 0.6) is 17.2 Å². The van der Waals surface area contributed by atoms with Crippen LogP contribution in [0.3, 0.4) is 0 Å². The van der Waals surface area contributed by atoms with Gasteiger partial charge in [-0.05, 0) is 42.5 Å². The maximum atomic E-state index is 13.1. The van der Waals surface area contributed by atoms with Crippen LogP contribution in [-0.2, 0) is 19.1 Å². The van der Waals surface area contributed by atoms with Gasteiger partial charge in [-0.15, -0.1) is 0 Å². The van der Waals surface area contributed by atoms with Crippen molar-refractivity contribution in [2.45, 2.75) is 6.92 Å². The van der Waals surface area contributed by atoms with Crippen molar-refractivity contribution in [3.05, 3.63) is 70.8 Å². The number of anilines is 3. The molecule has 6 N–H and O–H groups in total. The first-order valence-electron chi connectivity index (χ1n) is 14.7. The molecule has 0 spiro atoms.